The van der Waals surface area contributed by atoms with Crippen LogP contribution in [0, 0.1) is 0 Å². The van der Waals surface area contributed by atoms with Crippen molar-refractivity contribution in [3.8, 4) is 0 Å². The number of rotatable bonds is 5. The number of ether oxygens (including phenoxy) is 1. The van der Waals surface area contributed by atoms with E-state index in [4.69, 9.17) is 9.72 Å². The van der Waals surface area contributed by atoms with E-state index in [1.165, 1.54) is 24.5 Å². The predicted molar refractivity (Wildman–Crippen MR) is 132 cm³/mol. The monoisotopic (exact) mass is 505 g/mol. The highest BCUT2D eigenvalue weighted by atomic mass is 32.2. The molecule has 0 bridgehead atoms. The zero-order valence-corrected chi connectivity index (χ0v) is 20.6. The highest BCUT2D eigenvalue weighted by Gasteiger charge is 2.27. The molecule has 2 aliphatic heterocycles. The van der Waals surface area contributed by atoms with Crippen molar-refractivity contribution >= 4 is 21.6 Å². The fraction of sp³-hybridized carbons (Fsp3) is 0.385. The molecule has 4 heterocycles. The van der Waals surface area contributed by atoms with Crippen LogP contribution in [0.4, 0.5) is 5.82 Å². The van der Waals surface area contributed by atoms with Crippen LogP contribution in [-0.2, 0) is 40.7 Å². The minimum Gasteiger partial charge on any atom is -0.376 e. The highest BCUT2D eigenvalue weighted by Crippen LogP contribution is 2.39. The molecule has 0 saturated heterocycles. The van der Waals surface area contributed by atoms with Gasteiger partial charge in [0.05, 0.1) is 48.0 Å². The van der Waals surface area contributed by atoms with E-state index in [1.807, 2.05) is 24.7 Å². The Hall–Kier alpha value is -3.37. The summed E-state index contributed by atoms with van der Waals surface area (Å²) in [6, 6.07) is 6.76. The molecule has 1 amide bonds. The number of aromatic nitrogens is 3. The molecule has 9 nitrogen and oxygen atoms in total. The first-order valence-corrected chi connectivity index (χ1v) is 13.9. The van der Waals surface area contributed by atoms with Crippen molar-refractivity contribution in [1.29, 1.82) is 0 Å². The van der Waals surface area contributed by atoms with Gasteiger partial charge in [-0.3, -0.25) is 14.8 Å². The lowest BCUT2D eigenvalue weighted by Gasteiger charge is -2.29. The molecule has 0 spiro atoms. The van der Waals surface area contributed by atoms with Crippen molar-refractivity contribution < 1.29 is 17.9 Å². The summed E-state index contributed by atoms with van der Waals surface area (Å²) >= 11 is 0. The Balaban J connectivity index is 1.15. The summed E-state index contributed by atoms with van der Waals surface area (Å²) in [4.78, 5) is 29.0. The van der Waals surface area contributed by atoms with Gasteiger partial charge < -0.3 is 15.0 Å². The highest BCUT2D eigenvalue weighted by molar-refractivity contribution is 7.91. The van der Waals surface area contributed by atoms with Crippen molar-refractivity contribution in [2.75, 3.05) is 23.8 Å². The second-order valence-electron chi connectivity index (χ2n) is 9.57. The van der Waals surface area contributed by atoms with Crippen LogP contribution in [0.2, 0.25) is 0 Å². The van der Waals surface area contributed by atoms with Crippen LogP contribution in [-0.4, -0.2) is 48.2 Å². The van der Waals surface area contributed by atoms with Gasteiger partial charge in [-0.25, -0.2) is 13.4 Å². The number of nitrogens with zero attached hydrogens (tertiary/aromatic N) is 4. The molecule has 1 fully saturated rings. The Labute approximate surface area is 209 Å². The number of pyridine rings is 1. The van der Waals surface area contributed by atoms with Crippen LogP contribution in [0.25, 0.3) is 0 Å². The summed E-state index contributed by atoms with van der Waals surface area (Å²) in [5, 5.41) is 2.88. The Morgan fingerprint density at radius 3 is 2.86 bits per heavy atom. The smallest absolute Gasteiger partial charge is 0.251 e. The molecule has 3 aromatic rings. The number of benzene rings is 1. The van der Waals surface area contributed by atoms with Crippen molar-refractivity contribution in [3.63, 3.8) is 0 Å². The lowest BCUT2D eigenvalue weighted by Crippen LogP contribution is -2.32. The van der Waals surface area contributed by atoms with E-state index < -0.39 is 9.84 Å². The van der Waals surface area contributed by atoms with Gasteiger partial charge in [0.15, 0.2) is 9.84 Å². The molecule has 0 atom stereocenters. The average molecular weight is 506 g/mol. The van der Waals surface area contributed by atoms with E-state index in [0.717, 1.165) is 35.7 Å². The zero-order chi connectivity index (χ0) is 24.7. The largest absolute Gasteiger partial charge is 0.376 e. The third-order valence-electron chi connectivity index (χ3n) is 6.96. The van der Waals surface area contributed by atoms with E-state index in [1.54, 1.807) is 12.1 Å². The standard InChI is InChI=1S/C26H27N5O4S/c32-26(18-3-4-20-16-35-7-8-36(33,34)24(20)10-18)29-12-22-9-21-15-31(6-5-19(21)11-28-22)25-14-27-13-23(30-25)17-1-2-17/h3-4,9-11,13-14,17H,1-2,5-8,12,15-16H2,(H,29,32). The molecule has 6 rings (SSSR count). The molecule has 3 aliphatic rings. The summed E-state index contributed by atoms with van der Waals surface area (Å²) in [6.07, 6.45) is 8.84. The summed E-state index contributed by atoms with van der Waals surface area (Å²) in [7, 11) is -3.48. The molecule has 1 aliphatic carbocycles. The average Bonchev–Trinajstić information content (AvgIpc) is 3.76. The SMILES string of the molecule is O=C(NCc1cc2c(cn1)CCN(c1cncc(C3CC3)n1)C2)c1ccc2c(c1)S(=O)(=O)CCOC2. The van der Waals surface area contributed by atoms with Crippen LogP contribution < -0.4 is 10.2 Å². The third kappa shape index (κ3) is 4.70. The second kappa shape index (κ2) is 9.25. The fourth-order valence-corrected chi connectivity index (χ4v) is 6.11. The van der Waals surface area contributed by atoms with E-state index in [-0.39, 0.29) is 36.3 Å². The van der Waals surface area contributed by atoms with Crippen molar-refractivity contribution in [2.45, 2.75) is 49.8 Å². The van der Waals surface area contributed by atoms with Gasteiger partial charge in [-0.15, -0.1) is 0 Å². The molecule has 1 saturated carbocycles. The number of hydrogen-bond acceptors (Lipinski definition) is 8. The van der Waals surface area contributed by atoms with Gasteiger partial charge in [0, 0.05) is 37.0 Å². The minimum absolute atomic E-state index is 0.0857. The zero-order valence-electron chi connectivity index (χ0n) is 19.8. The molecule has 0 unspecified atom stereocenters. The number of fused-ring (bicyclic) bond motifs is 2. The summed E-state index contributed by atoms with van der Waals surface area (Å²) in [5.41, 5.74) is 5.07. The lowest BCUT2D eigenvalue weighted by atomic mass is 10.0. The molecule has 186 valence electrons. The minimum atomic E-state index is -3.48. The molecule has 0 radical (unpaired) electrons. The third-order valence-corrected chi connectivity index (χ3v) is 8.71. The van der Waals surface area contributed by atoms with E-state index in [2.05, 4.69) is 20.2 Å². The van der Waals surface area contributed by atoms with Gasteiger partial charge in [-0.1, -0.05) is 6.07 Å². The number of sulfone groups is 1. The lowest BCUT2D eigenvalue weighted by molar-refractivity contribution is 0.0950. The van der Waals surface area contributed by atoms with E-state index >= 15 is 0 Å². The van der Waals surface area contributed by atoms with Crippen molar-refractivity contribution in [1.82, 2.24) is 20.3 Å². The van der Waals surface area contributed by atoms with E-state index in [0.29, 0.717) is 23.6 Å². The number of anilines is 1. The summed E-state index contributed by atoms with van der Waals surface area (Å²) in [6.45, 7) is 2.20. The second-order valence-corrected chi connectivity index (χ2v) is 11.6. The van der Waals surface area contributed by atoms with Gasteiger partial charge >= 0.3 is 0 Å². The molecular formula is C26H27N5O4S. The number of carbonyl (C=O) groups excluding carboxylic acids is 1. The fourth-order valence-electron chi connectivity index (χ4n) is 4.72. The van der Waals surface area contributed by atoms with Gasteiger partial charge in [0.1, 0.15) is 5.82 Å². The number of hydrogen-bond donors (Lipinski definition) is 1. The normalized spacial score (nSPS) is 18.6. The van der Waals surface area contributed by atoms with Crippen LogP contribution in [0.15, 0.2) is 47.8 Å². The molecular weight excluding hydrogens is 478 g/mol. The van der Waals surface area contributed by atoms with Crippen LogP contribution in [0.5, 0.6) is 0 Å². The predicted octanol–water partition coefficient (Wildman–Crippen LogP) is 2.55. The maximum absolute atomic E-state index is 12.8. The Bertz CT molecular complexity index is 1440. The molecule has 1 N–H and O–H groups in total. The number of carbonyl (C=O) groups is 1. The molecule has 36 heavy (non-hydrogen) atoms. The first-order chi connectivity index (χ1) is 17.5. The van der Waals surface area contributed by atoms with Gasteiger partial charge in [0.2, 0.25) is 0 Å². The van der Waals surface area contributed by atoms with Gasteiger partial charge in [-0.05, 0) is 54.2 Å². The maximum Gasteiger partial charge on any atom is 0.251 e. The Kier molecular flexibility index (Phi) is 5.93. The van der Waals surface area contributed by atoms with Crippen LogP contribution in [0.1, 0.15) is 57.2 Å². The Morgan fingerprint density at radius 1 is 1.11 bits per heavy atom. The molecule has 2 aromatic heterocycles. The number of amides is 1. The van der Waals surface area contributed by atoms with E-state index in [9.17, 15) is 13.2 Å². The molecule has 1 aromatic carbocycles. The van der Waals surface area contributed by atoms with Crippen LogP contribution >= 0.6 is 0 Å². The van der Waals surface area contributed by atoms with Crippen molar-refractivity contribution in [3.05, 3.63) is 76.5 Å². The first-order valence-electron chi connectivity index (χ1n) is 12.2. The topological polar surface area (TPSA) is 114 Å². The quantitative estimate of drug-likeness (QED) is 0.563. The number of nitrogens with one attached hydrogen (secondary N) is 1. The van der Waals surface area contributed by atoms with Crippen molar-refractivity contribution in [2.24, 2.45) is 0 Å². The Morgan fingerprint density at radius 2 is 2.00 bits per heavy atom. The molecule has 10 heteroatoms. The first kappa shape index (κ1) is 23.1. The summed E-state index contributed by atoms with van der Waals surface area (Å²) < 4.78 is 30.4. The van der Waals surface area contributed by atoms with Gasteiger partial charge in [-0.2, -0.15) is 0 Å². The van der Waals surface area contributed by atoms with Gasteiger partial charge in [0.25, 0.3) is 5.91 Å². The summed E-state index contributed by atoms with van der Waals surface area (Å²) in [5.74, 6) is 1.03. The van der Waals surface area contributed by atoms with Crippen LogP contribution in [0.3, 0.4) is 0 Å². The maximum atomic E-state index is 12.8.